The maximum absolute atomic E-state index is 14.0. The zero-order chi connectivity index (χ0) is 28.3. The molecule has 0 aliphatic carbocycles. The van der Waals surface area contributed by atoms with Crippen LogP contribution in [0.3, 0.4) is 0 Å². The summed E-state index contributed by atoms with van der Waals surface area (Å²) in [5.41, 5.74) is 2.08. The number of rotatable bonds is 10. The van der Waals surface area contributed by atoms with Gasteiger partial charge in [0.05, 0.1) is 11.7 Å². The summed E-state index contributed by atoms with van der Waals surface area (Å²) in [6.45, 7) is 2.38. The molecule has 40 heavy (non-hydrogen) atoms. The van der Waals surface area contributed by atoms with Crippen LogP contribution in [0.1, 0.15) is 45.2 Å². The van der Waals surface area contributed by atoms with E-state index < -0.39 is 34.4 Å². The molecule has 2 aromatic carbocycles. The number of thiophene rings is 1. The van der Waals surface area contributed by atoms with Crippen LogP contribution in [-0.2, 0) is 30.8 Å². The summed E-state index contributed by atoms with van der Waals surface area (Å²) in [7, 11) is -4.20. The standard InChI is InChI=1S/C29H31N3O6S2/c1-20-8-2-3-9-21(20)14-15-31(26(33)19-32-29(35)23-11-4-5-13-25(23)40(32,36)37)27(24-12-7-17-39-24)28(34)30-18-22-10-6-16-38-22/h2-5,7-9,11-13,17,22,27H,6,10,14-16,18-19H2,1H3,(H,30,34)/t22-,27+/m1/s1. The Hall–Kier alpha value is -3.54. The molecule has 1 N–H and O–H groups in total. The number of amides is 3. The van der Waals surface area contributed by atoms with Gasteiger partial charge >= 0.3 is 0 Å². The molecular formula is C29H31N3O6S2. The Morgan fingerprint density at radius 2 is 1.90 bits per heavy atom. The molecule has 2 atom stereocenters. The first-order chi connectivity index (χ1) is 19.3. The number of nitrogens with zero attached hydrogens (tertiary/aromatic N) is 2. The molecule has 5 rings (SSSR count). The van der Waals surface area contributed by atoms with E-state index in [0.717, 1.165) is 24.0 Å². The van der Waals surface area contributed by atoms with Crippen molar-refractivity contribution in [2.24, 2.45) is 0 Å². The van der Waals surface area contributed by atoms with Crippen LogP contribution in [0.15, 0.2) is 70.9 Å². The second-order valence-corrected chi connectivity index (χ2v) is 12.7. The average Bonchev–Trinajstić information content (AvgIpc) is 3.70. The zero-order valence-corrected chi connectivity index (χ0v) is 23.7. The summed E-state index contributed by atoms with van der Waals surface area (Å²) in [6, 6.07) is 16.3. The third-order valence-electron chi connectivity index (χ3n) is 7.30. The summed E-state index contributed by atoms with van der Waals surface area (Å²) in [5, 5.41) is 4.76. The summed E-state index contributed by atoms with van der Waals surface area (Å²) >= 11 is 1.34. The number of benzene rings is 2. The molecule has 2 aliphatic rings. The van der Waals surface area contributed by atoms with Gasteiger partial charge in [-0.1, -0.05) is 42.5 Å². The third kappa shape index (κ3) is 5.67. The smallest absolute Gasteiger partial charge is 0.269 e. The Balaban J connectivity index is 1.45. The van der Waals surface area contributed by atoms with Gasteiger partial charge < -0.3 is 15.0 Å². The first kappa shape index (κ1) is 28.0. The fraction of sp³-hybridized carbons (Fsp3) is 0.345. The van der Waals surface area contributed by atoms with Gasteiger partial charge in [-0.2, -0.15) is 0 Å². The maximum Gasteiger partial charge on any atom is 0.269 e. The number of aryl methyl sites for hydroxylation is 1. The van der Waals surface area contributed by atoms with Crippen LogP contribution in [0.25, 0.3) is 0 Å². The van der Waals surface area contributed by atoms with Crippen LogP contribution in [-0.4, -0.2) is 67.7 Å². The molecular weight excluding hydrogens is 550 g/mol. The lowest BCUT2D eigenvalue weighted by Gasteiger charge is -2.32. The molecule has 1 saturated heterocycles. The van der Waals surface area contributed by atoms with E-state index in [1.165, 1.54) is 34.4 Å². The zero-order valence-electron chi connectivity index (χ0n) is 22.1. The molecule has 0 saturated carbocycles. The molecule has 1 fully saturated rings. The minimum absolute atomic E-state index is 0.0332. The number of sulfonamides is 1. The van der Waals surface area contributed by atoms with E-state index in [1.807, 2.05) is 36.6 Å². The predicted octanol–water partition coefficient (Wildman–Crippen LogP) is 3.31. The van der Waals surface area contributed by atoms with Gasteiger partial charge in [0, 0.05) is 24.6 Å². The van der Waals surface area contributed by atoms with Crippen molar-refractivity contribution in [1.29, 1.82) is 0 Å². The summed E-state index contributed by atoms with van der Waals surface area (Å²) in [4.78, 5) is 42.6. The minimum atomic E-state index is -4.20. The lowest BCUT2D eigenvalue weighted by atomic mass is 10.0. The molecule has 11 heteroatoms. The largest absolute Gasteiger partial charge is 0.376 e. The van der Waals surface area contributed by atoms with Gasteiger partial charge in [0.1, 0.15) is 17.5 Å². The molecule has 210 valence electrons. The molecule has 2 aliphatic heterocycles. The van der Waals surface area contributed by atoms with Crippen LogP contribution in [0.5, 0.6) is 0 Å². The first-order valence-corrected chi connectivity index (χ1v) is 15.5. The summed E-state index contributed by atoms with van der Waals surface area (Å²) < 4.78 is 32.7. The van der Waals surface area contributed by atoms with Crippen LogP contribution in [0.4, 0.5) is 0 Å². The number of hydrogen-bond acceptors (Lipinski definition) is 7. The van der Waals surface area contributed by atoms with Crippen molar-refractivity contribution >= 4 is 39.1 Å². The summed E-state index contributed by atoms with van der Waals surface area (Å²) in [6.07, 6.45) is 2.13. The summed E-state index contributed by atoms with van der Waals surface area (Å²) in [5.74, 6) is -1.77. The first-order valence-electron chi connectivity index (χ1n) is 13.2. The van der Waals surface area contributed by atoms with Gasteiger partial charge in [-0.15, -0.1) is 11.3 Å². The van der Waals surface area contributed by atoms with Gasteiger partial charge in [0.15, 0.2) is 0 Å². The van der Waals surface area contributed by atoms with Crippen molar-refractivity contribution in [2.45, 2.75) is 43.2 Å². The molecule has 9 nitrogen and oxygen atoms in total. The third-order valence-corrected chi connectivity index (χ3v) is 10.0. The number of ether oxygens (including phenoxy) is 1. The average molecular weight is 582 g/mol. The van der Waals surface area contributed by atoms with Crippen LogP contribution in [0, 0.1) is 6.92 Å². The van der Waals surface area contributed by atoms with Crippen molar-refractivity contribution in [3.63, 3.8) is 0 Å². The Kier molecular flexibility index (Phi) is 8.34. The number of carbonyl (C=O) groups is 3. The van der Waals surface area contributed by atoms with E-state index in [2.05, 4.69) is 5.32 Å². The molecule has 0 spiro atoms. The molecule has 0 unspecified atom stereocenters. The fourth-order valence-electron chi connectivity index (χ4n) is 5.12. The van der Waals surface area contributed by atoms with Crippen LogP contribution < -0.4 is 5.32 Å². The molecule has 3 heterocycles. The highest BCUT2D eigenvalue weighted by Crippen LogP contribution is 2.31. The molecule has 3 amide bonds. The second kappa shape index (κ2) is 11.9. The van der Waals surface area contributed by atoms with Gasteiger partial charge in [-0.3, -0.25) is 14.4 Å². The number of fused-ring (bicyclic) bond motifs is 1. The molecule has 0 radical (unpaired) electrons. The Morgan fingerprint density at radius 3 is 2.60 bits per heavy atom. The molecule has 3 aromatic rings. The van der Waals surface area contributed by atoms with E-state index in [4.69, 9.17) is 4.74 Å². The van der Waals surface area contributed by atoms with Crippen molar-refractivity contribution in [1.82, 2.24) is 14.5 Å². The number of nitrogens with one attached hydrogen (secondary N) is 1. The SMILES string of the molecule is Cc1ccccc1CCN(C(=O)CN1C(=O)c2ccccc2S1(=O)=O)[C@H](C(=O)NC[C@H]1CCCO1)c1cccs1. The minimum Gasteiger partial charge on any atom is -0.376 e. The van der Waals surface area contributed by atoms with Crippen LogP contribution >= 0.6 is 11.3 Å². The van der Waals surface area contributed by atoms with Gasteiger partial charge in [0.2, 0.25) is 11.8 Å². The van der Waals surface area contributed by atoms with Crippen LogP contribution in [0.2, 0.25) is 0 Å². The fourth-order valence-corrected chi connectivity index (χ4v) is 7.47. The van der Waals surface area contributed by atoms with Gasteiger partial charge in [0.25, 0.3) is 15.9 Å². The van der Waals surface area contributed by atoms with Gasteiger partial charge in [-0.05, 0) is 60.9 Å². The molecule has 1 aromatic heterocycles. The van der Waals surface area contributed by atoms with E-state index >= 15 is 0 Å². The van der Waals surface area contributed by atoms with Gasteiger partial charge in [-0.25, -0.2) is 12.7 Å². The highest BCUT2D eigenvalue weighted by atomic mass is 32.2. The van der Waals surface area contributed by atoms with Crippen molar-refractivity contribution in [3.8, 4) is 0 Å². The van der Waals surface area contributed by atoms with E-state index in [-0.39, 0.29) is 29.0 Å². The number of carbonyl (C=O) groups excluding carboxylic acids is 3. The normalized spacial score (nSPS) is 18.4. The van der Waals surface area contributed by atoms with Crippen molar-refractivity contribution in [3.05, 3.63) is 87.6 Å². The quantitative estimate of drug-likeness (QED) is 0.393. The lowest BCUT2D eigenvalue weighted by molar-refractivity contribution is -0.140. The highest BCUT2D eigenvalue weighted by Gasteiger charge is 2.43. The van der Waals surface area contributed by atoms with E-state index in [1.54, 1.807) is 18.2 Å². The topological polar surface area (TPSA) is 113 Å². The monoisotopic (exact) mass is 581 g/mol. The Morgan fingerprint density at radius 1 is 1.12 bits per heavy atom. The Bertz CT molecular complexity index is 1500. The predicted molar refractivity (Wildman–Crippen MR) is 150 cm³/mol. The second-order valence-electron chi connectivity index (χ2n) is 9.87. The van der Waals surface area contributed by atoms with Crippen molar-refractivity contribution in [2.75, 3.05) is 26.2 Å². The molecule has 0 bridgehead atoms. The maximum atomic E-state index is 14.0. The Labute approximate surface area is 237 Å². The van der Waals surface area contributed by atoms with E-state index in [9.17, 15) is 22.8 Å². The highest BCUT2D eigenvalue weighted by molar-refractivity contribution is 7.90. The number of hydrogen-bond donors (Lipinski definition) is 1. The van der Waals surface area contributed by atoms with Crippen molar-refractivity contribution < 1.29 is 27.5 Å². The van der Waals surface area contributed by atoms with E-state index in [0.29, 0.717) is 28.8 Å². The lowest BCUT2D eigenvalue weighted by Crippen LogP contribution is -2.49.